The summed E-state index contributed by atoms with van der Waals surface area (Å²) in [6.07, 6.45) is 4.48. The van der Waals surface area contributed by atoms with Crippen molar-refractivity contribution in [2.45, 2.75) is 19.4 Å². The molecule has 0 saturated heterocycles. The zero-order chi connectivity index (χ0) is 13.7. The van der Waals surface area contributed by atoms with Crippen LogP contribution in [-0.2, 0) is 6.42 Å². The van der Waals surface area contributed by atoms with Crippen molar-refractivity contribution in [2.24, 2.45) is 0 Å². The van der Waals surface area contributed by atoms with E-state index < -0.39 is 0 Å². The van der Waals surface area contributed by atoms with E-state index in [4.69, 9.17) is 0 Å². The average molecular weight is 323 g/mol. The summed E-state index contributed by atoms with van der Waals surface area (Å²) >= 11 is 3.26. The number of benzene rings is 1. The van der Waals surface area contributed by atoms with Crippen LogP contribution >= 0.6 is 15.9 Å². The quantitative estimate of drug-likeness (QED) is 0.903. The van der Waals surface area contributed by atoms with Crippen molar-refractivity contribution in [3.63, 3.8) is 0 Å². The molecule has 0 radical (unpaired) electrons. The van der Waals surface area contributed by atoms with Crippen molar-refractivity contribution in [1.82, 2.24) is 10.3 Å². The van der Waals surface area contributed by atoms with E-state index >= 15 is 0 Å². The average Bonchev–Trinajstić information content (AvgIpc) is 2.39. The summed E-state index contributed by atoms with van der Waals surface area (Å²) in [5.41, 5.74) is 1.92. The molecule has 1 aromatic heterocycles. The van der Waals surface area contributed by atoms with Gasteiger partial charge < -0.3 is 5.32 Å². The Morgan fingerprint density at radius 2 is 2.00 bits per heavy atom. The van der Waals surface area contributed by atoms with Gasteiger partial charge in [0, 0.05) is 28.5 Å². The van der Waals surface area contributed by atoms with Gasteiger partial charge >= 0.3 is 0 Å². The summed E-state index contributed by atoms with van der Waals surface area (Å²) in [6, 6.07) is 9.15. The van der Waals surface area contributed by atoms with Gasteiger partial charge in [0.05, 0.1) is 0 Å². The minimum absolute atomic E-state index is 0.00469. The molecule has 1 unspecified atom stereocenters. The minimum Gasteiger partial charge on any atom is -0.310 e. The molecule has 2 nitrogen and oxygen atoms in total. The van der Waals surface area contributed by atoms with E-state index in [0.29, 0.717) is 5.56 Å². The van der Waals surface area contributed by atoms with Gasteiger partial charge in [-0.25, -0.2) is 4.39 Å². The van der Waals surface area contributed by atoms with Gasteiger partial charge in [0.15, 0.2) is 0 Å². The maximum atomic E-state index is 13.8. The van der Waals surface area contributed by atoms with E-state index in [9.17, 15) is 4.39 Å². The van der Waals surface area contributed by atoms with E-state index in [0.717, 1.165) is 17.4 Å². The number of pyridine rings is 1. The van der Waals surface area contributed by atoms with Gasteiger partial charge in [-0.1, -0.05) is 22.0 Å². The highest BCUT2D eigenvalue weighted by atomic mass is 79.9. The second kappa shape index (κ2) is 6.78. The molecule has 0 saturated carbocycles. The van der Waals surface area contributed by atoms with Crippen LogP contribution in [0.3, 0.4) is 0 Å². The lowest BCUT2D eigenvalue weighted by Crippen LogP contribution is -2.22. The third-order valence-electron chi connectivity index (χ3n) is 3.04. The summed E-state index contributed by atoms with van der Waals surface area (Å²) in [5.74, 6) is -0.182. The molecule has 1 aromatic carbocycles. The van der Waals surface area contributed by atoms with Gasteiger partial charge in [-0.05, 0) is 49.7 Å². The summed E-state index contributed by atoms with van der Waals surface area (Å²) in [7, 11) is 0. The second-order valence-electron chi connectivity index (χ2n) is 4.45. The third kappa shape index (κ3) is 4.11. The van der Waals surface area contributed by atoms with Crippen LogP contribution in [0, 0.1) is 5.82 Å². The van der Waals surface area contributed by atoms with Gasteiger partial charge in [0.1, 0.15) is 5.82 Å². The normalized spacial score (nSPS) is 12.4. The van der Waals surface area contributed by atoms with Gasteiger partial charge in [0.2, 0.25) is 0 Å². The van der Waals surface area contributed by atoms with E-state index in [1.807, 2.05) is 31.2 Å². The Morgan fingerprint density at radius 1 is 1.26 bits per heavy atom. The van der Waals surface area contributed by atoms with Gasteiger partial charge in [-0.15, -0.1) is 0 Å². The summed E-state index contributed by atoms with van der Waals surface area (Å²) in [5, 5.41) is 3.33. The van der Waals surface area contributed by atoms with E-state index in [1.54, 1.807) is 12.4 Å². The molecule has 2 aromatic rings. The summed E-state index contributed by atoms with van der Waals surface area (Å²) in [4.78, 5) is 3.98. The van der Waals surface area contributed by atoms with E-state index in [-0.39, 0.29) is 11.9 Å². The maximum absolute atomic E-state index is 13.8. The first-order valence-corrected chi connectivity index (χ1v) is 7.03. The Labute approximate surface area is 121 Å². The number of rotatable bonds is 5. The van der Waals surface area contributed by atoms with Crippen LogP contribution in [0.5, 0.6) is 0 Å². The van der Waals surface area contributed by atoms with Crippen molar-refractivity contribution >= 4 is 15.9 Å². The maximum Gasteiger partial charge on any atom is 0.129 e. The first kappa shape index (κ1) is 14.2. The summed E-state index contributed by atoms with van der Waals surface area (Å²) in [6.45, 7) is 2.78. The molecule has 0 fully saturated rings. The molecule has 4 heteroatoms. The largest absolute Gasteiger partial charge is 0.310 e. The van der Waals surface area contributed by atoms with Crippen molar-refractivity contribution < 1.29 is 4.39 Å². The number of nitrogens with zero attached hydrogens (tertiary/aromatic N) is 1. The topological polar surface area (TPSA) is 24.9 Å². The predicted molar refractivity (Wildman–Crippen MR) is 78.5 cm³/mol. The molecule has 0 amide bonds. The van der Waals surface area contributed by atoms with Crippen molar-refractivity contribution in [1.29, 1.82) is 0 Å². The number of nitrogens with one attached hydrogen (secondary N) is 1. The molecule has 2 rings (SSSR count). The highest BCUT2D eigenvalue weighted by Crippen LogP contribution is 2.20. The van der Waals surface area contributed by atoms with Crippen LogP contribution in [-0.4, -0.2) is 11.5 Å². The molecule has 0 aliphatic carbocycles. The number of hydrogen-bond donors (Lipinski definition) is 1. The Balaban J connectivity index is 1.89. The fourth-order valence-corrected chi connectivity index (χ4v) is 2.28. The van der Waals surface area contributed by atoms with Crippen molar-refractivity contribution in [3.05, 3.63) is 64.1 Å². The van der Waals surface area contributed by atoms with E-state index in [2.05, 4.69) is 26.2 Å². The van der Waals surface area contributed by atoms with Crippen molar-refractivity contribution in [2.75, 3.05) is 6.54 Å². The first-order chi connectivity index (χ1) is 9.16. The molecule has 0 spiro atoms. The van der Waals surface area contributed by atoms with Crippen LogP contribution in [0.15, 0.2) is 47.2 Å². The Hall–Kier alpha value is -1.26. The first-order valence-electron chi connectivity index (χ1n) is 6.24. The molecule has 0 bridgehead atoms. The highest BCUT2D eigenvalue weighted by molar-refractivity contribution is 9.10. The fraction of sp³-hybridized carbons (Fsp3) is 0.267. The Bertz CT molecular complexity index is 531. The van der Waals surface area contributed by atoms with Crippen molar-refractivity contribution in [3.8, 4) is 0 Å². The number of hydrogen-bond acceptors (Lipinski definition) is 2. The van der Waals surface area contributed by atoms with E-state index in [1.165, 1.54) is 11.6 Å². The lowest BCUT2D eigenvalue weighted by atomic mass is 10.1. The summed E-state index contributed by atoms with van der Waals surface area (Å²) < 4.78 is 14.5. The lowest BCUT2D eigenvalue weighted by molar-refractivity contribution is 0.530. The predicted octanol–water partition coefficient (Wildman–Crippen LogP) is 3.88. The SMILES string of the molecule is CC(NCCc1ccncc1)c1ccc(Br)cc1F. The molecule has 1 atom stereocenters. The molecule has 1 N–H and O–H groups in total. The highest BCUT2D eigenvalue weighted by Gasteiger charge is 2.10. The number of halogens is 2. The Morgan fingerprint density at radius 3 is 2.68 bits per heavy atom. The lowest BCUT2D eigenvalue weighted by Gasteiger charge is -2.15. The number of aromatic nitrogens is 1. The second-order valence-corrected chi connectivity index (χ2v) is 5.36. The van der Waals surface area contributed by atoms with Gasteiger partial charge in [-0.2, -0.15) is 0 Å². The molecule has 0 aliphatic rings. The minimum atomic E-state index is -0.182. The zero-order valence-corrected chi connectivity index (χ0v) is 12.3. The molecule has 19 heavy (non-hydrogen) atoms. The third-order valence-corrected chi connectivity index (χ3v) is 3.54. The molecule has 0 aliphatic heterocycles. The van der Waals surface area contributed by atoms with Gasteiger partial charge in [0.25, 0.3) is 0 Å². The fourth-order valence-electron chi connectivity index (χ4n) is 1.95. The Kier molecular flexibility index (Phi) is 5.05. The van der Waals surface area contributed by atoms with Crippen LogP contribution < -0.4 is 5.32 Å². The molecule has 100 valence electrons. The smallest absolute Gasteiger partial charge is 0.129 e. The molecule has 1 heterocycles. The molecular formula is C15H16BrFN2. The van der Waals surface area contributed by atoms with Crippen LogP contribution in [0.2, 0.25) is 0 Å². The van der Waals surface area contributed by atoms with Gasteiger partial charge in [-0.3, -0.25) is 4.98 Å². The monoisotopic (exact) mass is 322 g/mol. The zero-order valence-electron chi connectivity index (χ0n) is 10.7. The van der Waals surface area contributed by atoms with Crippen LogP contribution in [0.25, 0.3) is 0 Å². The van der Waals surface area contributed by atoms with Crippen LogP contribution in [0.4, 0.5) is 4.39 Å². The van der Waals surface area contributed by atoms with Crippen LogP contribution in [0.1, 0.15) is 24.1 Å². The molecular weight excluding hydrogens is 307 g/mol. The standard InChI is InChI=1S/C15H16BrFN2/c1-11(14-3-2-13(16)10-15(14)17)19-9-6-12-4-7-18-8-5-12/h2-5,7-8,10-11,19H,6,9H2,1H3.